The van der Waals surface area contributed by atoms with Crippen molar-refractivity contribution in [2.45, 2.75) is 25.3 Å². The number of rotatable bonds is 4. The molecule has 2 atom stereocenters. The van der Waals surface area contributed by atoms with Crippen molar-refractivity contribution in [3.8, 4) is 0 Å². The maximum atomic E-state index is 12.0. The van der Waals surface area contributed by atoms with Gasteiger partial charge in [0, 0.05) is 25.0 Å². The average Bonchev–Trinajstić information content (AvgIpc) is 2.40. The summed E-state index contributed by atoms with van der Waals surface area (Å²) in [7, 11) is 0. The van der Waals surface area contributed by atoms with Crippen LogP contribution in [0.15, 0.2) is 30.3 Å². The van der Waals surface area contributed by atoms with Crippen molar-refractivity contribution < 1.29 is 9.53 Å². The Kier molecular flexibility index (Phi) is 4.29. The number of carbonyl (C=O) groups excluding carboxylic acids is 1. The minimum atomic E-state index is -0.189. The Labute approximate surface area is 102 Å². The number of carbonyl (C=O) groups is 1. The number of ketones is 1. The van der Waals surface area contributed by atoms with E-state index in [1.807, 2.05) is 30.3 Å². The summed E-state index contributed by atoms with van der Waals surface area (Å²) in [6.45, 7) is 1.36. The number of benzene rings is 1. The lowest BCUT2D eigenvalue weighted by atomic mass is 9.91. The lowest BCUT2D eigenvalue weighted by molar-refractivity contribution is -0.127. The van der Waals surface area contributed by atoms with Crippen molar-refractivity contribution >= 4 is 5.78 Å². The van der Waals surface area contributed by atoms with E-state index in [2.05, 4.69) is 0 Å². The van der Waals surface area contributed by atoms with E-state index in [1.165, 1.54) is 0 Å². The fraction of sp³-hybridized carbons (Fsp3) is 0.500. The van der Waals surface area contributed by atoms with Crippen LogP contribution in [0.3, 0.4) is 0 Å². The largest absolute Gasteiger partial charge is 0.381 e. The van der Waals surface area contributed by atoms with Gasteiger partial charge in [-0.1, -0.05) is 30.3 Å². The van der Waals surface area contributed by atoms with Gasteiger partial charge in [0.25, 0.3) is 0 Å². The third-order valence-corrected chi connectivity index (χ3v) is 3.26. The lowest BCUT2D eigenvalue weighted by Gasteiger charge is -2.22. The van der Waals surface area contributed by atoms with E-state index < -0.39 is 0 Å². The third kappa shape index (κ3) is 3.38. The molecule has 2 unspecified atom stereocenters. The van der Waals surface area contributed by atoms with Crippen LogP contribution in [0.2, 0.25) is 0 Å². The van der Waals surface area contributed by atoms with Gasteiger partial charge in [-0.25, -0.2) is 0 Å². The molecule has 0 radical (unpaired) electrons. The molecule has 0 aliphatic carbocycles. The summed E-state index contributed by atoms with van der Waals surface area (Å²) in [4.78, 5) is 12.0. The van der Waals surface area contributed by atoms with E-state index in [1.54, 1.807) is 0 Å². The predicted octanol–water partition coefficient (Wildman–Crippen LogP) is 2.07. The van der Waals surface area contributed by atoms with Gasteiger partial charge in [0.1, 0.15) is 5.78 Å². The Morgan fingerprint density at radius 1 is 1.41 bits per heavy atom. The molecule has 1 heterocycles. The summed E-state index contributed by atoms with van der Waals surface area (Å²) in [5.74, 6) is 0.291. The standard InChI is InChI=1S/C14H19NO2/c15-13(11-5-2-1-3-6-11)9-14(16)12-7-4-8-17-10-12/h1-3,5-6,12-13H,4,7-10,15H2. The number of ether oxygens (including phenoxy) is 1. The van der Waals surface area contributed by atoms with Gasteiger partial charge in [0.05, 0.1) is 6.61 Å². The zero-order valence-corrected chi connectivity index (χ0v) is 9.97. The summed E-state index contributed by atoms with van der Waals surface area (Å²) >= 11 is 0. The van der Waals surface area contributed by atoms with Crippen molar-refractivity contribution in [2.75, 3.05) is 13.2 Å². The molecule has 2 N–H and O–H groups in total. The molecule has 1 fully saturated rings. The Hall–Kier alpha value is -1.19. The Balaban J connectivity index is 1.89. The van der Waals surface area contributed by atoms with Gasteiger partial charge >= 0.3 is 0 Å². The fourth-order valence-electron chi connectivity index (χ4n) is 2.20. The summed E-state index contributed by atoms with van der Waals surface area (Å²) in [5, 5.41) is 0. The topological polar surface area (TPSA) is 52.3 Å². The maximum absolute atomic E-state index is 12.0. The highest BCUT2D eigenvalue weighted by atomic mass is 16.5. The molecule has 3 nitrogen and oxygen atoms in total. The zero-order chi connectivity index (χ0) is 12.1. The van der Waals surface area contributed by atoms with Crippen LogP contribution < -0.4 is 5.73 Å². The molecule has 0 saturated carbocycles. The highest BCUT2D eigenvalue weighted by Gasteiger charge is 2.23. The van der Waals surface area contributed by atoms with Gasteiger partial charge in [0.2, 0.25) is 0 Å². The van der Waals surface area contributed by atoms with Gasteiger partial charge in [-0.2, -0.15) is 0 Å². The Bertz CT molecular complexity index is 358. The lowest BCUT2D eigenvalue weighted by Crippen LogP contribution is -2.28. The average molecular weight is 233 g/mol. The van der Waals surface area contributed by atoms with Crippen molar-refractivity contribution in [1.82, 2.24) is 0 Å². The SMILES string of the molecule is NC(CC(=O)C1CCCOC1)c1ccccc1. The first-order valence-corrected chi connectivity index (χ1v) is 6.18. The molecule has 1 aromatic rings. The molecule has 2 rings (SSSR count). The van der Waals surface area contributed by atoms with Crippen LogP contribution in [0.5, 0.6) is 0 Å². The van der Waals surface area contributed by atoms with E-state index in [9.17, 15) is 4.79 Å². The van der Waals surface area contributed by atoms with E-state index >= 15 is 0 Å². The van der Waals surface area contributed by atoms with Crippen LogP contribution in [-0.2, 0) is 9.53 Å². The first-order chi connectivity index (χ1) is 8.27. The Morgan fingerprint density at radius 2 is 2.18 bits per heavy atom. The maximum Gasteiger partial charge on any atom is 0.140 e. The second-order valence-corrected chi connectivity index (χ2v) is 4.60. The molecule has 1 saturated heterocycles. The number of nitrogens with two attached hydrogens (primary N) is 1. The highest BCUT2D eigenvalue weighted by molar-refractivity contribution is 5.81. The molecule has 1 aliphatic rings. The predicted molar refractivity (Wildman–Crippen MR) is 66.5 cm³/mol. The fourth-order valence-corrected chi connectivity index (χ4v) is 2.20. The summed E-state index contributed by atoms with van der Waals surface area (Å²) in [5.41, 5.74) is 7.07. The van der Waals surface area contributed by atoms with Crippen LogP contribution in [-0.4, -0.2) is 19.0 Å². The van der Waals surface area contributed by atoms with Gasteiger partial charge in [0.15, 0.2) is 0 Å². The van der Waals surface area contributed by atoms with Crippen molar-refractivity contribution in [3.63, 3.8) is 0 Å². The minimum absolute atomic E-state index is 0.0542. The first kappa shape index (κ1) is 12.3. The molecular weight excluding hydrogens is 214 g/mol. The summed E-state index contributed by atoms with van der Waals surface area (Å²) in [6, 6.07) is 9.59. The minimum Gasteiger partial charge on any atom is -0.381 e. The van der Waals surface area contributed by atoms with E-state index in [0.29, 0.717) is 13.0 Å². The number of hydrogen-bond acceptors (Lipinski definition) is 3. The van der Waals surface area contributed by atoms with Crippen LogP contribution in [0.25, 0.3) is 0 Å². The number of Topliss-reactive ketones (excluding diaryl/α,β-unsaturated/α-hetero) is 1. The molecule has 0 bridgehead atoms. The third-order valence-electron chi connectivity index (χ3n) is 3.26. The van der Waals surface area contributed by atoms with Gasteiger partial charge in [-0.15, -0.1) is 0 Å². The van der Waals surface area contributed by atoms with Crippen molar-refractivity contribution in [1.29, 1.82) is 0 Å². The van der Waals surface area contributed by atoms with E-state index in [-0.39, 0.29) is 17.7 Å². The normalized spacial score (nSPS) is 22.1. The van der Waals surface area contributed by atoms with Crippen LogP contribution in [0, 0.1) is 5.92 Å². The van der Waals surface area contributed by atoms with E-state index in [0.717, 1.165) is 25.0 Å². The van der Waals surface area contributed by atoms with Gasteiger partial charge in [-0.3, -0.25) is 4.79 Å². The van der Waals surface area contributed by atoms with Gasteiger partial charge < -0.3 is 10.5 Å². The van der Waals surface area contributed by atoms with Crippen molar-refractivity contribution in [3.05, 3.63) is 35.9 Å². The van der Waals surface area contributed by atoms with Crippen molar-refractivity contribution in [2.24, 2.45) is 11.7 Å². The highest BCUT2D eigenvalue weighted by Crippen LogP contribution is 2.21. The Morgan fingerprint density at radius 3 is 2.82 bits per heavy atom. The molecule has 0 aromatic heterocycles. The molecule has 1 aromatic carbocycles. The van der Waals surface area contributed by atoms with Crippen LogP contribution in [0.1, 0.15) is 30.9 Å². The molecular formula is C14H19NO2. The van der Waals surface area contributed by atoms with E-state index in [4.69, 9.17) is 10.5 Å². The molecule has 1 aliphatic heterocycles. The second-order valence-electron chi connectivity index (χ2n) is 4.60. The molecule has 0 amide bonds. The second kappa shape index (κ2) is 5.94. The number of hydrogen-bond donors (Lipinski definition) is 1. The first-order valence-electron chi connectivity index (χ1n) is 6.18. The summed E-state index contributed by atoms with van der Waals surface area (Å²) in [6.07, 6.45) is 2.34. The monoisotopic (exact) mass is 233 g/mol. The smallest absolute Gasteiger partial charge is 0.140 e. The summed E-state index contributed by atoms with van der Waals surface area (Å²) < 4.78 is 5.33. The zero-order valence-electron chi connectivity index (χ0n) is 9.97. The van der Waals surface area contributed by atoms with Crippen LogP contribution in [0.4, 0.5) is 0 Å². The van der Waals surface area contributed by atoms with Gasteiger partial charge in [-0.05, 0) is 18.4 Å². The molecule has 17 heavy (non-hydrogen) atoms. The molecule has 3 heteroatoms. The molecule has 0 spiro atoms. The van der Waals surface area contributed by atoms with Crippen LogP contribution >= 0.6 is 0 Å². The quantitative estimate of drug-likeness (QED) is 0.866. The molecule has 92 valence electrons.